The van der Waals surface area contributed by atoms with Gasteiger partial charge in [-0.2, -0.15) is 0 Å². The van der Waals surface area contributed by atoms with Crippen molar-refractivity contribution in [1.29, 1.82) is 0 Å². The number of halogens is 1. The van der Waals surface area contributed by atoms with Crippen molar-refractivity contribution in [1.82, 2.24) is 4.98 Å². The van der Waals surface area contributed by atoms with Gasteiger partial charge in [0, 0.05) is 11.5 Å². The summed E-state index contributed by atoms with van der Waals surface area (Å²) in [4.78, 5) is 2.90. The highest BCUT2D eigenvalue weighted by atomic mass is 35.5. The molecule has 0 aliphatic carbocycles. The van der Waals surface area contributed by atoms with E-state index in [9.17, 15) is 0 Å². The third-order valence-corrected chi connectivity index (χ3v) is 1.78. The van der Waals surface area contributed by atoms with Gasteiger partial charge in [-0.3, -0.25) is 0 Å². The summed E-state index contributed by atoms with van der Waals surface area (Å²) in [7, 11) is 0. The molecule has 2 aromatic rings. The highest BCUT2D eigenvalue weighted by Gasteiger charge is 1.97. The van der Waals surface area contributed by atoms with E-state index in [1.807, 2.05) is 12.1 Å². The monoisotopic (exact) mass is 167 g/mol. The van der Waals surface area contributed by atoms with Crippen LogP contribution in [0.1, 0.15) is 0 Å². The molecule has 0 saturated heterocycles. The Morgan fingerprint density at radius 3 is 2.91 bits per heavy atom. The lowest BCUT2D eigenvalue weighted by Crippen LogP contribution is -1.66. The van der Waals surface area contributed by atoms with Crippen LogP contribution in [0.2, 0.25) is 5.15 Å². The first-order chi connectivity index (χ1) is 5.25. The van der Waals surface area contributed by atoms with Crippen LogP contribution in [-0.2, 0) is 0 Å². The average molecular weight is 168 g/mol. The van der Waals surface area contributed by atoms with Gasteiger partial charge in [0.05, 0.1) is 5.52 Å². The maximum atomic E-state index is 9.08. The first-order valence-corrected chi connectivity index (χ1v) is 3.61. The van der Waals surface area contributed by atoms with Crippen LogP contribution in [0, 0.1) is 0 Å². The molecule has 0 bridgehead atoms. The third kappa shape index (κ3) is 1.05. The molecule has 2 N–H and O–H groups in total. The van der Waals surface area contributed by atoms with Gasteiger partial charge in [-0.1, -0.05) is 11.6 Å². The summed E-state index contributed by atoms with van der Waals surface area (Å²) in [6, 6.07) is 6.90. The fourth-order valence-corrected chi connectivity index (χ4v) is 1.30. The van der Waals surface area contributed by atoms with Gasteiger partial charge in [0.2, 0.25) is 0 Å². The van der Waals surface area contributed by atoms with Crippen molar-refractivity contribution in [2.75, 3.05) is 0 Å². The molecule has 0 amide bonds. The Morgan fingerprint density at radius 1 is 1.27 bits per heavy atom. The summed E-state index contributed by atoms with van der Waals surface area (Å²) in [5, 5.41) is 10.7. The van der Waals surface area contributed by atoms with Gasteiger partial charge in [0.25, 0.3) is 0 Å². The largest absolute Gasteiger partial charge is 0.508 e. The van der Waals surface area contributed by atoms with E-state index in [1.54, 1.807) is 12.1 Å². The molecule has 3 heteroatoms. The van der Waals surface area contributed by atoms with Crippen molar-refractivity contribution >= 4 is 22.5 Å². The maximum absolute atomic E-state index is 9.08. The molecule has 0 fully saturated rings. The summed E-state index contributed by atoms with van der Waals surface area (Å²) < 4.78 is 0. The number of aromatic amines is 1. The van der Waals surface area contributed by atoms with Crippen molar-refractivity contribution in [2.45, 2.75) is 0 Å². The van der Waals surface area contributed by atoms with Crippen LogP contribution in [0.3, 0.4) is 0 Å². The van der Waals surface area contributed by atoms with Crippen LogP contribution in [0.5, 0.6) is 5.75 Å². The first-order valence-electron chi connectivity index (χ1n) is 3.23. The Bertz CT molecular complexity index is 394. The highest BCUT2D eigenvalue weighted by molar-refractivity contribution is 6.30. The number of H-pyrrole nitrogens is 1. The van der Waals surface area contributed by atoms with Gasteiger partial charge in [-0.15, -0.1) is 0 Å². The number of aromatic hydroxyl groups is 1. The van der Waals surface area contributed by atoms with Crippen molar-refractivity contribution in [3.8, 4) is 5.75 Å². The fraction of sp³-hybridized carbons (Fsp3) is 0. The van der Waals surface area contributed by atoms with Gasteiger partial charge in [0.1, 0.15) is 10.9 Å². The van der Waals surface area contributed by atoms with Gasteiger partial charge in [0.15, 0.2) is 0 Å². The topological polar surface area (TPSA) is 36.0 Å². The smallest absolute Gasteiger partial charge is 0.117 e. The molecule has 0 saturated carbocycles. The maximum Gasteiger partial charge on any atom is 0.117 e. The number of hydrogen-bond acceptors (Lipinski definition) is 1. The molecule has 0 spiro atoms. The number of benzene rings is 1. The van der Waals surface area contributed by atoms with E-state index < -0.39 is 0 Å². The Hall–Kier alpha value is -1.15. The number of phenolic OH excluding ortho intramolecular Hbond substituents is 1. The molecule has 1 aromatic heterocycles. The zero-order valence-corrected chi connectivity index (χ0v) is 6.39. The number of fused-ring (bicyclic) bond motifs is 1. The van der Waals surface area contributed by atoms with Crippen LogP contribution in [-0.4, -0.2) is 10.1 Å². The quantitative estimate of drug-likeness (QED) is 0.622. The third-order valence-electron chi connectivity index (χ3n) is 1.57. The summed E-state index contributed by atoms with van der Waals surface area (Å²) in [5.41, 5.74) is 0.856. The molecule has 0 atom stereocenters. The minimum atomic E-state index is 0.246. The Labute approximate surface area is 68.4 Å². The molecule has 1 aromatic carbocycles. The number of aromatic nitrogens is 1. The Balaban J connectivity index is 2.82. The minimum absolute atomic E-state index is 0.246. The highest BCUT2D eigenvalue weighted by Crippen LogP contribution is 2.22. The van der Waals surface area contributed by atoms with Crippen molar-refractivity contribution in [3.63, 3.8) is 0 Å². The second-order valence-electron chi connectivity index (χ2n) is 2.39. The predicted molar refractivity (Wildman–Crippen MR) is 45.0 cm³/mol. The summed E-state index contributed by atoms with van der Waals surface area (Å²) in [6.45, 7) is 0. The van der Waals surface area contributed by atoms with Gasteiger partial charge < -0.3 is 10.1 Å². The summed E-state index contributed by atoms with van der Waals surface area (Å²) in [5.74, 6) is 0.246. The van der Waals surface area contributed by atoms with Crippen molar-refractivity contribution in [2.24, 2.45) is 0 Å². The average Bonchev–Trinajstić information content (AvgIpc) is 2.27. The molecule has 1 heterocycles. The van der Waals surface area contributed by atoms with Crippen LogP contribution >= 0.6 is 11.6 Å². The van der Waals surface area contributed by atoms with E-state index in [0.717, 1.165) is 10.9 Å². The second kappa shape index (κ2) is 2.17. The molecule has 0 radical (unpaired) electrons. The number of hydrogen-bond donors (Lipinski definition) is 2. The fourth-order valence-electron chi connectivity index (χ4n) is 1.08. The van der Waals surface area contributed by atoms with E-state index >= 15 is 0 Å². The molecule has 2 rings (SSSR count). The normalized spacial score (nSPS) is 10.6. The van der Waals surface area contributed by atoms with E-state index in [1.165, 1.54) is 0 Å². The van der Waals surface area contributed by atoms with E-state index in [-0.39, 0.29) is 5.75 Å². The molecule has 0 aliphatic rings. The Kier molecular flexibility index (Phi) is 1.29. The lowest BCUT2D eigenvalue weighted by molar-refractivity contribution is 0.476. The molecule has 0 unspecified atom stereocenters. The van der Waals surface area contributed by atoms with Crippen molar-refractivity contribution < 1.29 is 5.11 Å². The molecule has 56 valence electrons. The van der Waals surface area contributed by atoms with E-state index in [2.05, 4.69) is 4.98 Å². The lowest BCUT2D eigenvalue weighted by Gasteiger charge is -1.89. The summed E-state index contributed by atoms with van der Waals surface area (Å²) in [6.07, 6.45) is 0. The number of nitrogens with one attached hydrogen (secondary N) is 1. The molecule has 0 aliphatic heterocycles. The molecule has 2 nitrogen and oxygen atoms in total. The van der Waals surface area contributed by atoms with Crippen LogP contribution < -0.4 is 0 Å². The zero-order valence-electron chi connectivity index (χ0n) is 5.63. The van der Waals surface area contributed by atoms with Gasteiger partial charge in [-0.25, -0.2) is 0 Å². The second-order valence-corrected chi connectivity index (χ2v) is 2.80. The van der Waals surface area contributed by atoms with Crippen LogP contribution in [0.15, 0.2) is 24.3 Å². The number of phenols is 1. The lowest BCUT2D eigenvalue weighted by atomic mass is 10.2. The molecular weight excluding hydrogens is 162 g/mol. The summed E-state index contributed by atoms with van der Waals surface area (Å²) >= 11 is 5.70. The molecular formula is C8H6ClNO. The minimum Gasteiger partial charge on any atom is -0.508 e. The van der Waals surface area contributed by atoms with Crippen LogP contribution in [0.25, 0.3) is 10.9 Å². The van der Waals surface area contributed by atoms with Gasteiger partial charge >= 0.3 is 0 Å². The Morgan fingerprint density at radius 2 is 2.09 bits per heavy atom. The molecule has 11 heavy (non-hydrogen) atoms. The number of rotatable bonds is 0. The van der Waals surface area contributed by atoms with E-state index in [0.29, 0.717) is 5.15 Å². The predicted octanol–water partition coefficient (Wildman–Crippen LogP) is 2.53. The van der Waals surface area contributed by atoms with E-state index in [4.69, 9.17) is 16.7 Å². The zero-order chi connectivity index (χ0) is 7.84. The standard InChI is InChI=1S/C8H6ClNO/c9-8-3-5-1-2-6(11)4-7(5)10-8/h1-4,10-11H. The first kappa shape index (κ1) is 6.55. The van der Waals surface area contributed by atoms with Gasteiger partial charge in [-0.05, 0) is 18.2 Å². The SMILES string of the molecule is Oc1ccc2cc(Cl)[nH]c2c1. The van der Waals surface area contributed by atoms with Crippen molar-refractivity contribution in [3.05, 3.63) is 29.4 Å². The van der Waals surface area contributed by atoms with Crippen LogP contribution in [0.4, 0.5) is 0 Å².